The molecule has 1 unspecified atom stereocenters. The predicted molar refractivity (Wildman–Crippen MR) is 111 cm³/mol. The van der Waals surface area contributed by atoms with Crippen molar-refractivity contribution in [3.8, 4) is 0 Å². The summed E-state index contributed by atoms with van der Waals surface area (Å²) in [5, 5.41) is 8.90. The Labute approximate surface area is 171 Å². The van der Waals surface area contributed by atoms with E-state index in [1.807, 2.05) is 0 Å². The van der Waals surface area contributed by atoms with E-state index in [1.54, 1.807) is 0 Å². The summed E-state index contributed by atoms with van der Waals surface area (Å²) in [6.07, 6.45) is 15.1. The van der Waals surface area contributed by atoms with Crippen molar-refractivity contribution in [3.05, 3.63) is 0 Å². The number of carboxylic acids is 1. The van der Waals surface area contributed by atoms with Crippen LogP contribution < -0.4 is 0 Å². The average Bonchev–Trinajstić information content (AvgIpc) is 3.02. The molecule has 0 amide bonds. The van der Waals surface area contributed by atoms with Gasteiger partial charge < -0.3 is 5.11 Å². The van der Waals surface area contributed by atoms with Crippen molar-refractivity contribution in [2.24, 2.45) is 46.3 Å². The Morgan fingerprint density at radius 3 is 2.43 bits per heavy atom. The maximum atomic E-state index is 11.6. The number of carbonyl (C=O) groups excluding carboxylic acids is 1. The molecule has 0 aromatic rings. The first kappa shape index (κ1) is 20.4. The quantitative estimate of drug-likeness (QED) is 0.578. The van der Waals surface area contributed by atoms with Crippen LogP contribution in [0.1, 0.15) is 97.8 Å². The molecule has 3 heteroatoms. The normalized spacial score (nSPS) is 46.2. The SMILES string of the molecule is C[C@H](CCC(=O)C(=O)O)[C@H]1CC[C@H]2[C@@H]3CCC4CCCC[C@]4(C)[C@H]3CC[C@]12C. The van der Waals surface area contributed by atoms with Crippen LogP contribution in [0.5, 0.6) is 0 Å². The van der Waals surface area contributed by atoms with Gasteiger partial charge in [0.05, 0.1) is 0 Å². The van der Waals surface area contributed by atoms with Gasteiger partial charge >= 0.3 is 5.97 Å². The third-order valence-electron chi connectivity index (χ3n) is 10.4. The number of hydrogen-bond donors (Lipinski definition) is 1. The third kappa shape index (κ3) is 3.16. The van der Waals surface area contributed by atoms with Crippen LogP contribution in [0.4, 0.5) is 0 Å². The van der Waals surface area contributed by atoms with Crippen LogP contribution >= 0.6 is 0 Å². The highest BCUT2D eigenvalue weighted by Crippen LogP contribution is 2.68. The van der Waals surface area contributed by atoms with Crippen LogP contribution in [0.2, 0.25) is 0 Å². The Kier molecular flexibility index (Phi) is 5.42. The molecule has 4 aliphatic carbocycles. The lowest BCUT2D eigenvalue weighted by molar-refractivity contribution is -0.149. The zero-order valence-electron chi connectivity index (χ0n) is 18.2. The standard InChI is InChI=1S/C25H40O3/c1-16(7-12-22(26)23(27)28)19-10-11-20-18-9-8-17-6-4-5-14-24(17,2)21(18)13-15-25(19,20)3/h16-21H,4-15H2,1-3H3,(H,27,28)/t16-,17?,18+,19-,20+,21+,24+,25-/m1/s1. The van der Waals surface area contributed by atoms with Gasteiger partial charge in [-0.05, 0) is 104 Å². The molecule has 4 saturated carbocycles. The summed E-state index contributed by atoms with van der Waals surface area (Å²) in [6, 6.07) is 0. The molecule has 0 aromatic heterocycles. The van der Waals surface area contributed by atoms with E-state index in [9.17, 15) is 9.59 Å². The first-order valence-corrected chi connectivity index (χ1v) is 12.0. The van der Waals surface area contributed by atoms with Crippen LogP contribution in [0.25, 0.3) is 0 Å². The van der Waals surface area contributed by atoms with Crippen LogP contribution in [-0.2, 0) is 9.59 Å². The summed E-state index contributed by atoms with van der Waals surface area (Å²) >= 11 is 0. The second-order valence-electron chi connectivity index (χ2n) is 11.4. The van der Waals surface area contributed by atoms with Gasteiger partial charge in [0.2, 0.25) is 5.78 Å². The van der Waals surface area contributed by atoms with Crippen molar-refractivity contribution in [2.75, 3.05) is 0 Å². The van der Waals surface area contributed by atoms with Gasteiger partial charge in [-0.15, -0.1) is 0 Å². The Bertz CT molecular complexity index is 627. The van der Waals surface area contributed by atoms with Gasteiger partial charge in [0, 0.05) is 6.42 Å². The maximum absolute atomic E-state index is 11.6. The minimum Gasteiger partial charge on any atom is -0.476 e. The zero-order valence-corrected chi connectivity index (χ0v) is 18.2. The van der Waals surface area contributed by atoms with Gasteiger partial charge in [0.25, 0.3) is 0 Å². The number of carbonyl (C=O) groups is 2. The molecule has 0 bridgehead atoms. The van der Waals surface area contributed by atoms with Gasteiger partial charge in [-0.1, -0.05) is 33.6 Å². The molecule has 0 radical (unpaired) electrons. The molecule has 3 nitrogen and oxygen atoms in total. The lowest BCUT2D eigenvalue weighted by Gasteiger charge is -2.61. The molecule has 0 saturated heterocycles. The summed E-state index contributed by atoms with van der Waals surface area (Å²) in [5.74, 6) is 2.93. The van der Waals surface area contributed by atoms with E-state index in [2.05, 4.69) is 20.8 Å². The highest BCUT2D eigenvalue weighted by Gasteiger charge is 2.60. The Balaban J connectivity index is 1.47. The minimum atomic E-state index is -1.26. The lowest BCUT2D eigenvalue weighted by atomic mass is 9.44. The van der Waals surface area contributed by atoms with Crippen LogP contribution in [0.3, 0.4) is 0 Å². The fourth-order valence-electron chi connectivity index (χ4n) is 8.94. The number of aliphatic carboxylic acids is 1. The molecule has 0 aromatic carbocycles. The lowest BCUT2D eigenvalue weighted by Crippen LogP contribution is -2.53. The average molecular weight is 389 g/mol. The minimum absolute atomic E-state index is 0.208. The van der Waals surface area contributed by atoms with Crippen molar-refractivity contribution < 1.29 is 14.7 Å². The molecule has 28 heavy (non-hydrogen) atoms. The molecular weight excluding hydrogens is 348 g/mol. The number of rotatable bonds is 5. The molecular formula is C25H40O3. The van der Waals surface area contributed by atoms with E-state index in [1.165, 1.54) is 64.2 Å². The second kappa shape index (κ2) is 7.43. The van der Waals surface area contributed by atoms with Crippen molar-refractivity contribution in [1.82, 2.24) is 0 Å². The molecule has 0 aliphatic heterocycles. The van der Waals surface area contributed by atoms with Crippen LogP contribution in [0, 0.1) is 46.3 Å². The molecule has 4 fully saturated rings. The summed E-state index contributed by atoms with van der Waals surface area (Å²) in [7, 11) is 0. The van der Waals surface area contributed by atoms with Gasteiger partial charge in [-0.2, -0.15) is 0 Å². The van der Waals surface area contributed by atoms with E-state index in [0.717, 1.165) is 30.1 Å². The number of hydrogen-bond acceptors (Lipinski definition) is 2. The zero-order chi connectivity index (χ0) is 20.1. The van der Waals surface area contributed by atoms with Crippen LogP contribution in [-0.4, -0.2) is 16.9 Å². The smallest absolute Gasteiger partial charge is 0.372 e. The molecule has 4 rings (SSSR count). The molecule has 1 N–H and O–H groups in total. The number of fused-ring (bicyclic) bond motifs is 5. The van der Waals surface area contributed by atoms with Crippen molar-refractivity contribution in [3.63, 3.8) is 0 Å². The van der Waals surface area contributed by atoms with Gasteiger partial charge in [-0.3, -0.25) is 4.79 Å². The van der Waals surface area contributed by atoms with E-state index in [4.69, 9.17) is 5.11 Å². The summed E-state index contributed by atoms with van der Waals surface area (Å²) in [5.41, 5.74) is 1.00. The first-order chi connectivity index (χ1) is 13.3. The van der Waals surface area contributed by atoms with Gasteiger partial charge in [-0.25, -0.2) is 4.79 Å². The van der Waals surface area contributed by atoms with Crippen molar-refractivity contribution >= 4 is 11.8 Å². The monoisotopic (exact) mass is 388 g/mol. The number of ketones is 1. The summed E-state index contributed by atoms with van der Waals surface area (Å²) < 4.78 is 0. The number of carboxylic acid groups (broad SMARTS) is 1. The fraction of sp³-hybridized carbons (Fsp3) is 0.920. The van der Waals surface area contributed by atoms with Gasteiger partial charge in [0.1, 0.15) is 0 Å². The number of Topliss-reactive ketones (excluding diaryl/α,β-unsaturated/α-hetero) is 1. The van der Waals surface area contributed by atoms with E-state index in [-0.39, 0.29) is 6.42 Å². The first-order valence-electron chi connectivity index (χ1n) is 12.0. The summed E-state index contributed by atoms with van der Waals surface area (Å²) in [4.78, 5) is 22.5. The highest BCUT2D eigenvalue weighted by molar-refractivity contribution is 6.32. The van der Waals surface area contributed by atoms with E-state index in [0.29, 0.717) is 22.7 Å². The highest BCUT2D eigenvalue weighted by atomic mass is 16.4. The molecule has 8 atom stereocenters. The molecule has 4 aliphatic rings. The van der Waals surface area contributed by atoms with Crippen molar-refractivity contribution in [1.29, 1.82) is 0 Å². The second-order valence-corrected chi connectivity index (χ2v) is 11.4. The Morgan fingerprint density at radius 1 is 0.929 bits per heavy atom. The molecule has 0 spiro atoms. The fourth-order valence-corrected chi connectivity index (χ4v) is 8.94. The topological polar surface area (TPSA) is 54.4 Å². The third-order valence-corrected chi connectivity index (χ3v) is 10.4. The van der Waals surface area contributed by atoms with E-state index < -0.39 is 11.8 Å². The van der Waals surface area contributed by atoms with Crippen LogP contribution in [0.15, 0.2) is 0 Å². The Morgan fingerprint density at radius 2 is 1.68 bits per heavy atom. The maximum Gasteiger partial charge on any atom is 0.372 e. The Hall–Kier alpha value is -0.860. The van der Waals surface area contributed by atoms with Crippen molar-refractivity contribution in [2.45, 2.75) is 97.8 Å². The van der Waals surface area contributed by atoms with E-state index >= 15 is 0 Å². The predicted octanol–water partition coefficient (Wildman–Crippen LogP) is 6.11. The molecule has 0 heterocycles. The van der Waals surface area contributed by atoms with Gasteiger partial charge in [0.15, 0.2) is 0 Å². The molecule has 158 valence electrons. The summed E-state index contributed by atoms with van der Waals surface area (Å²) in [6.45, 7) is 7.47. The largest absolute Gasteiger partial charge is 0.476 e.